The Hall–Kier alpha value is -1.75. The van der Waals surface area contributed by atoms with Crippen molar-refractivity contribution >= 4 is 17.7 Å². The molecule has 0 aromatic carbocycles. The van der Waals surface area contributed by atoms with Crippen molar-refractivity contribution in [3.8, 4) is 0 Å². The van der Waals surface area contributed by atoms with Crippen LogP contribution < -0.4 is 38.5 Å². The quantitative estimate of drug-likeness (QED) is 0.236. The van der Waals surface area contributed by atoms with Gasteiger partial charge in [-0.1, -0.05) is 60.3 Å². The van der Waals surface area contributed by atoms with Crippen molar-refractivity contribution in [2.45, 2.75) is 136 Å². The highest BCUT2D eigenvalue weighted by molar-refractivity contribution is 5.77. The number of nitrogens with one attached hydrogen (secondary N) is 4. The maximum Gasteiger partial charge on any atom is 0.221 e. The lowest BCUT2D eigenvalue weighted by atomic mass is 9.93. The van der Waals surface area contributed by atoms with Crippen molar-refractivity contribution in [1.29, 1.82) is 0 Å². The van der Waals surface area contributed by atoms with Crippen LogP contribution in [0.4, 0.5) is 0 Å². The molecule has 0 radical (unpaired) electrons. The van der Waals surface area contributed by atoms with Crippen LogP contribution in [0.5, 0.6) is 0 Å². The number of amides is 3. The maximum absolute atomic E-state index is 10.8. The lowest BCUT2D eigenvalue weighted by Crippen LogP contribution is -2.43. The number of hydrogen-bond donors (Lipinski definition) is 7. The fourth-order valence-corrected chi connectivity index (χ4v) is 5.96. The Morgan fingerprint density at radius 3 is 0.833 bits per heavy atom. The van der Waals surface area contributed by atoms with Crippen LogP contribution in [0.1, 0.15) is 112 Å². The predicted octanol–water partition coefficient (Wildman–Crippen LogP) is 2.53. The van der Waals surface area contributed by atoms with Crippen LogP contribution in [0.2, 0.25) is 0 Å². The monoisotopic (exact) mass is 596 g/mol. The first-order chi connectivity index (χ1) is 20.0. The maximum atomic E-state index is 10.8. The van der Waals surface area contributed by atoms with Crippen LogP contribution in [0.25, 0.3) is 0 Å². The molecule has 0 bridgehead atoms. The molecule has 0 aliphatic carbocycles. The molecule has 4 fully saturated rings. The molecule has 6 unspecified atom stereocenters. The zero-order valence-electron chi connectivity index (χ0n) is 27.4. The number of hydrogen-bond acceptors (Lipinski definition) is 7. The highest BCUT2D eigenvalue weighted by Gasteiger charge is 2.24. The van der Waals surface area contributed by atoms with Gasteiger partial charge in [-0.25, -0.2) is 0 Å². The molecule has 42 heavy (non-hydrogen) atoms. The van der Waals surface area contributed by atoms with Crippen LogP contribution in [0, 0.1) is 23.7 Å². The molecular weight excluding hydrogens is 530 g/mol. The molecule has 4 aliphatic rings. The predicted molar refractivity (Wildman–Crippen MR) is 172 cm³/mol. The number of carbonyl (C=O) groups excluding carboxylic acids is 3. The van der Waals surface area contributed by atoms with Gasteiger partial charge >= 0.3 is 0 Å². The molecule has 0 aromatic heterocycles. The van der Waals surface area contributed by atoms with E-state index in [1.807, 2.05) is 20.8 Å². The van der Waals surface area contributed by atoms with Crippen molar-refractivity contribution in [3.63, 3.8) is 0 Å². The summed E-state index contributed by atoms with van der Waals surface area (Å²) in [4.78, 5) is 32.3. The summed E-state index contributed by atoms with van der Waals surface area (Å²) in [6.45, 7) is 14.6. The van der Waals surface area contributed by atoms with Gasteiger partial charge in [0.1, 0.15) is 0 Å². The summed E-state index contributed by atoms with van der Waals surface area (Å²) in [6, 6.07) is 1.77. The summed E-state index contributed by atoms with van der Waals surface area (Å²) in [5.74, 6) is 0.199. The Bertz CT molecular complexity index is 662. The van der Waals surface area contributed by atoms with E-state index in [9.17, 15) is 14.4 Å². The third-order valence-electron chi connectivity index (χ3n) is 9.36. The molecule has 10 N–H and O–H groups in total. The average Bonchev–Trinajstić information content (AvgIpc) is 3.02. The van der Waals surface area contributed by atoms with Crippen LogP contribution >= 0.6 is 0 Å². The molecule has 4 rings (SSSR count). The smallest absolute Gasteiger partial charge is 0.221 e. The molecule has 4 heterocycles. The Labute approximate surface area is 256 Å². The fraction of sp³-hybridized carbons (Fsp3) is 0.906. The summed E-state index contributed by atoms with van der Waals surface area (Å²) in [7, 11) is 0. The Balaban J connectivity index is 0.000000281. The van der Waals surface area contributed by atoms with Gasteiger partial charge in [0, 0.05) is 24.2 Å². The zero-order valence-corrected chi connectivity index (χ0v) is 27.4. The molecule has 4 saturated heterocycles. The zero-order chi connectivity index (χ0) is 31.5. The Morgan fingerprint density at radius 2 is 0.690 bits per heavy atom. The van der Waals surface area contributed by atoms with Crippen molar-refractivity contribution < 1.29 is 14.4 Å². The Morgan fingerprint density at radius 1 is 0.452 bits per heavy atom. The molecule has 7 atom stereocenters. The molecule has 246 valence electrons. The molecule has 10 nitrogen and oxygen atoms in total. The van der Waals surface area contributed by atoms with Gasteiger partial charge in [0.15, 0.2) is 0 Å². The number of primary amides is 3. The van der Waals surface area contributed by atoms with Gasteiger partial charge in [0.05, 0.1) is 17.8 Å². The largest absolute Gasteiger partial charge is 0.369 e. The second-order valence-corrected chi connectivity index (χ2v) is 13.0. The van der Waals surface area contributed by atoms with E-state index >= 15 is 0 Å². The molecule has 0 saturated carbocycles. The van der Waals surface area contributed by atoms with Crippen LogP contribution in [-0.4, -0.2) is 68.1 Å². The van der Waals surface area contributed by atoms with Gasteiger partial charge in [0.25, 0.3) is 0 Å². The SMILES string of the molecule is CC(C(N)=O)C1CCCCN1.CC(C(N)=O)C1CCCCN1.CC(C(N)=O)C1CCCCN1.CC(C)[C@H]1CCCCN1. The normalized spacial score (nSPS) is 28.1. The van der Waals surface area contributed by atoms with Crippen LogP contribution in [-0.2, 0) is 14.4 Å². The van der Waals surface area contributed by atoms with E-state index in [1.54, 1.807) is 0 Å². The first-order valence-electron chi connectivity index (χ1n) is 16.8. The summed E-state index contributed by atoms with van der Waals surface area (Å²) in [6.07, 6.45) is 14.8. The lowest BCUT2D eigenvalue weighted by Gasteiger charge is -2.26. The summed E-state index contributed by atoms with van der Waals surface area (Å²) in [5, 5.41) is 13.4. The molecule has 3 amide bonds. The van der Waals surface area contributed by atoms with Gasteiger partial charge < -0.3 is 38.5 Å². The number of nitrogens with two attached hydrogens (primary N) is 3. The number of rotatable bonds is 7. The van der Waals surface area contributed by atoms with E-state index in [0.29, 0.717) is 18.1 Å². The standard InChI is InChI=1S/3C8H16N2O.C8H17N/c3*1-6(8(9)11)7-4-2-3-5-10-7;1-7(2)8-5-3-4-6-9-8/h3*6-7,10H,2-5H2,1H3,(H2,9,11);7-9H,3-6H2,1-2H3/t;;;8-/m...1/s1. The van der Waals surface area contributed by atoms with Crippen molar-refractivity contribution in [1.82, 2.24) is 21.3 Å². The highest BCUT2D eigenvalue weighted by Crippen LogP contribution is 2.16. The minimum Gasteiger partial charge on any atom is -0.369 e. The van der Waals surface area contributed by atoms with Gasteiger partial charge in [-0.15, -0.1) is 0 Å². The van der Waals surface area contributed by atoms with Crippen molar-refractivity contribution in [3.05, 3.63) is 0 Å². The third kappa shape index (κ3) is 15.6. The van der Waals surface area contributed by atoms with E-state index in [-0.39, 0.29) is 35.5 Å². The first kappa shape index (κ1) is 38.3. The van der Waals surface area contributed by atoms with E-state index in [2.05, 4.69) is 35.1 Å². The summed E-state index contributed by atoms with van der Waals surface area (Å²) >= 11 is 0. The summed E-state index contributed by atoms with van der Waals surface area (Å²) < 4.78 is 0. The minimum absolute atomic E-state index is 0.0182. The fourth-order valence-electron chi connectivity index (χ4n) is 5.96. The van der Waals surface area contributed by atoms with E-state index < -0.39 is 0 Å². The molecule has 10 heteroatoms. The highest BCUT2D eigenvalue weighted by atomic mass is 16.2. The summed E-state index contributed by atoms with van der Waals surface area (Å²) in [5.41, 5.74) is 15.6. The van der Waals surface area contributed by atoms with E-state index in [4.69, 9.17) is 17.2 Å². The average molecular weight is 596 g/mol. The van der Waals surface area contributed by atoms with Gasteiger partial charge in [0.2, 0.25) is 17.7 Å². The van der Waals surface area contributed by atoms with Gasteiger partial charge in [-0.05, 0) is 83.5 Å². The third-order valence-corrected chi connectivity index (χ3v) is 9.36. The lowest BCUT2D eigenvalue weighted by molar-refractivity contribution is -0.123. The Kier molecular flexibility index (Phi) is 19.9. The molecule has 0 aromatic rings. The number of carbonyl (C=O) groups is 3. The topological polar surface area (TPSA) is 177 Å². The van der Waals surface area contributed by atoms with Gasteiger partial charge in [-0.2, -0.15) is 0 Å². The van der Waals surface area contributed by atoms with E-state index in [1.165, 1.54) is 64.3 Å². The molecule has 0 spiro atoms. The van der Waals surface area contributed by atoms with E-state index in [0.717, 1.165) is 50.9 Å². The van der Waals surface area contributed by atoms with Crippen molar-refractivity contribution in [2.24, 2.45) is 40.9 Å². The minimum atomic E-state index is -0.190. The van der Waals surface area contributed by atoms with Crippen molar-refractivity contribution in [2.75, 3.05) is 26.2 Å². The molecular formula is C32H65N7O3. The second-order valence-electron chi connectivity index (χ2n) is 13.0. The van der Waals surface area contributed by atoms with Crippen LogP contribution in [0.15, 0.2) is 0 Å². The van der Waals surface area contributed by atoms with Crippen LogP contribution in [0.3, 0.4) is 0 Å². The first-order valence-corrected chi connectivity index (χ1v) is 16.8. The number of piperidine rings is 4. The molecule has 4 aliphatic heterocycles. The second kappa shape index (κ2) is 21.9. The van der Waals surface area contributed by atoms with Gasteiger partial charge in [-0.3, -0.25) is 14.4 Å².